The van der Waals surface area contributed by atoms with Crippen molar-refractivity contribution < 1.29 is 23.6 Å². The van der Waals surface area contributed by atoms with Crippen LogP contribution in [0.15, 0.2) is 0 Å². The Kier molecular flexibility index (Phi) is 5.10. The summed E-state index contributed by atoms with van der Waals surface area (Å²) >= 11 is 0. The van der Waals surface area contributed by atoms with E-state index in [4.69, 9.17) is 10.00 Å². The zero-order valence-corrected chi connectivity index (χ0v) is 9.08. The minimum atomic E-state index is -3.97. The quantitative estimate of drug-likeness (QED) is 0.669. The summed E-state index contributed by atoms with van der Waals surface area (Å²) in [6.45, 7) is 5.25. The first-order chi connectivity index (χ1) is 5.77. The molecule has 13 heavy (non-hydrogen) atoms. The van der Waals surface area contributed by atoms with Gasteiger partial charge in [-0.15, -0.1) is 0 Å². The van der Waals surface area contributed by atoms with Gasteiger partial charge in [-0.25, -0.2) is 4.57 Å². The molecule has 5 nitrogen and oxygen atoms in total. The van der Waals surface area contributed by atoms with Gasteiger partial charge in [0, 0.05) is 0 Å². The molecule has 0 aliphatic rings. The van der Waals surface area contributed by atoms with Crippen LogP contribution in [-0.4, -0.2) is 29.8 Å². The first-order valence-corrected chi connectivity index (χ1v) is 5.49. The van der Waals surface area contributed by atoms with E-state index in [-0.39, 0.29) is 25.2 Å². The zero-order valence-electron chi connectivity index (χ0n) is 8.19. The van der Waals surface area contributed by atoms with E-state index in [0.29, 0.717) is 0 Å². The van der Waals surface area contributed by atoms with E-state index < -0.39 is 7.82 Å². The number of aliphatic hydroxyl groups is 1. The Balaban J connectivity index is 3.83. The molecular weight excluding hydrogens is 195 g/mol. The average molecular weight is 212 g/mol. The molecule has 80 valence electrons. The van der Waals surface area contributed by atoms with Crippen molar-refractivity contribution in [3.63, 3.8) is 0 Å². The van der Waals surface area contributed by atoms with Crippen LogP contribution in [0.3, 0.4) is 0 Å². The number of hydrogen-bond acceptors (Lipinski definition) is 4. The fourth-order valence-electron chi connectivity index (χ4n) is 0.469. The highest BCUT2D eigenvalue weighted by atomic mass is 31.2. The minimum absolute atomic E-state index is 0.131. The third kappa shape index (κ3) is 8.40. The molecule has 1 atom stereocenters. The van der Waals surface area contributed by atoms with Crippen molar-refractivity contribution in [2.75, 3.05) is 19.8 Å². The standard InChI is InChI=1S/C7H17O5P/c1-7(2,3)6-12-13(9,10)11-5-4-8/h8H,4-6H2,1-3H3,(H,9,10). The highest BCUT2D eigenvalue weighted by molar-refractivity contribution is 7.47. The van der Waals surface area contributed by atoms with Crippen LogP contribution in [0.1, 0.15) is 20.8 Å². The molecule has 0 bridgehead atoms. The Labute approximate surface area is 78.3 Å². The molecule has 6 heteroatoms. The average Bonchev–Trinajstić information content (AvgIpc) is 1.97. The molecule has 0 amide bonds. The van der Waals surface area contributed by atoms with Crippen molar-refractivity contribution in [1.82, 2.24) is 0 Å². The van der Waals surface area contributed by atoms with Crippen molar-refractivity contribution in [2.24, 2.45) is 5.41 Å². The maximum Gasteiger partial charge on any atom is 0.472 e. The van der Waals surface area contributed by atoms with E-state index in [9.17, 15) is 4.57 Å². The summed E-state index contributed by atoms with van der Waals surface area (Å²) < 4.78 is 20.1. The van der Waals surface area contributed by atoms with Gasteiger partial charge in [-0.2, -0.15) is 0 Å². The van der Waals surface area contributed by atoms with Crippen LogP contribution in [0.5, 0.6) is 0 Å². The van der Waals surface area contributed by atoms with Crippen LogP contribution < -0.4 is 0 Å². The summed E-state index contributed by atoms with van der Waals surface area (Å²) in [5, 5.41) is 8.34. The second kappa shape index (κ2) is 5.08. The van der Waals surface area contributed by atoms with Gasteiger partial charge in [0.05, 0.1) is 19.8 Å². The molecule has 0 aromatic rings. The fourth-order valence-corrected chi connectivity index (χ4v) is 1.41. The normalized spacial score (nSPS) is 17.0. The lowest BCUT2D eigenvalue weighted by atomic mass is 9.99. The maximum atomic E-state index is 11.0. The summed E-state index contributed by atoms with van der Waals surface area (Å²) in [6, 6.07) is 0. The van der Waals surface area contributed by atoms with E-state index in [0.717, 1.165) is 0 Å². The lowest BCUT2D eigenvalue weighted by Gasteiger charge is -2.20. The SMILES string of the molecule is CC(C)(C)COP(=O)(O)OCCO. The highest BCUT2D eigenvalue weighted by Crippen LogP contribution is 2.44. The van der Waals surface area contributed by atoms with E-state index >= 15 is 0 Å². The monoisotopic (exact) mass is 212 g/mol. The molecule has 2 N–H and O–H groups in total. The van der Waals surface area contributed by atoms with E-state index in [1.54, 1.807) is 0 Å². The molecule has 0 saturated heterocycles. The largest absolute Gasteiger partial charge is 0.472 e. The van der Waals surface area contributed by atoms with Crippen molar-refractivity contribution in [2.45, 2.75) is 20.8 Å². The van der Waals surface area contributed by atoms with Gasteiger partial charge in [0.25, 0.3) is 0 Å². The molecule has 0 aliphatic heterocycles. The van der Waals surface area contributed by atoms with Gasteiger partial charge in [-0.1, -0.05) is 20.8 Å². The van der Waals surface area contributed by atoms with Crippen LogP contribution >= 0.6 is 7.82 Å². The summed E-state index contributed by atoms with van der Waals surface area (Å²) in [7, 11) is -3.97. The molecule has 1 unspecified atom stereocenters. The first-order valence-electron chi connectivity index (χ1n) is 3.99. The molecular formula is C7H17O5P. The zero-order chi connectivity index (χ0) is 10.5. The van der Waals surface area contributed by atoms with Gasteiger partial charge in [0.1, 0.15) is 0 Å². The highest BCUT2D eigenvalue weighted by Gasteiger charge is 2.23. The van der Waals surface area contributed by atoms with Crippen LogP contribution in [0.2, 0.25) is 0 Å². The first kappa shape index (κ1) is 13.1. The molecule has 0 spiro atoms. The Morgan fingerprint density at radius 2 is 1.85 bits per heavy atom. The molecule has 0 fully saturated rings. The van der Waals surface area contributed by atoms with Crippen LogP contribution in [0, 0.1) is 5.41 Å². The summed E-state index contributed by atoms with van der Waals surface area (Å²) in [5.74, 6) is 0. The smallest absolute Gasteiger partial charge is 0.394 e. The Hall–Kier alpha value is 0.0700. The van der Waals surface area contributed by atoms with Crippen LogP contribution in [-0.2, 0) is 13.6 Å². The van der Waals surface area contributed by atoms with Gasteiger partial charge >= 0.3 is 7.82 Å². The molecule has 0 aromatic carbocycles. The molecule has 0 aromatic heterocycles. The van der Waals surface area contributed by atoms with E-state index in [2.05, 4.69) is 9.05 Å². The van der Waals surface area contributed by atoms with Gasteiger partial charge in [0.15, 0.2) is 0 Å². The Bertz CT molecular complexity index is 186. The van der Waals surface area contributed by atoms with Crippen molar-refractivity contribution >= 4 is 7.82 Å². The van der Waals surface area contributed by atoms with Gasteiger partial charge in [-0.05, 0) is 5.41 Å². The number of aliphatic hydroxyl groups excluding tert-OH is 1. The van der Waals surface area contributed by atoms with E-state index in [1.165, 1.54) is 0 Å². The van der Waals surface area contributed by atoms with Crippen molar-refractivity contribution in [3.05, 3.63) is 0 Å². The lowest BCUT2D eigenvalue weighted by Crippen LogP contribution is -2.14. The molecule has 0 heterocycles. The van der Waals surface area contributed by atoms with Crippen molar-refractivity contribution in [1.29, 1.82) is 0 Å². The summed E-state index contributed by atoms with van der Waals surface area (Å²) in [5.41, 5.74) is -0.193. The second-order valence-corrected chi connectivity index (χ2v) is 5.31. The van der Waals surface area contributed by atoms with Gasteiger partial charge < -0.3 is 10.00 Å². The molecule has 0 rings (SSSR count). The van der Waals surface area contributed by atoms with Gasteiger partial charge in [0.2, 0.25) is 0 Å². The summed E-state index contributed by atoms with van der Waals surface area (Å²) in [4.78, 5) is 9.01. The van der Waals surface area contributed by atoms with Crippen molar-refractivity contribution in [3.8, 4) is 0 Å². The third-order valence-electron chi connectivity index (χ3n) is 1.01. The number of hydrogen-bond donors (Lipinski definition) is 2. The topological polar surface area (TPSA) is 76.0 Å². The second-order valence-electron chi connectivity index (χ2n) is 3.86. The maximum absolute atomic E-state index is 11.0. The summed E-state index contributed by atoms with van der Waals surface area (Å²) in [6.07, 6.45) is 0. The predicted molar refractivity (Wildman–Crippen MR) is 48.3 cm³/mol. The lowest BCUT2D eigenvalue weighted by molar-refractivity contribution is 0.0970. The Morgan fingerprint density at radius 1 is 1.31 bits per heavy atom. The number of phosphoric acid groups is 1. The van der Waals surface area contributed by atoms with Gasteiger partial charge in [-0.3, -0.25) is 9.05 Å². The fraction of sp³-hybridized carbons (Fsp3) is 1.00. The van der Waals surface area contributed by atoms with E-state index in [1.807, 2.05) is 20.8 Å². The molecule has 0 saturated carbocycles. The molecule has 0 radical (unpaired) electrons. The molecule has 0 aliphatic carbocycles. The number of rotatable bonds is 5. The minimum Gasteiger partial charge on any atom is -0.394 e. The predicted octanol–water partition coefficient (Wildman–Crippen LogP) is 1.16. The van der Waals surface area contributed by atoms with Crippen LogP contribution in [0.25, 0.3) is 0 Å². The van der Waals surface area contributed by atoms with Crippen LogP contribution in [0.4, 0.5) is 0 Å². The number of phosphoric ester groups is 1. The Morgan fingerprint density at radius 3 is 2.23 bits per heavy atom. The third-order valence-corrected chi connectivity index (χ3v) is 1.97.